The molecule has 12 heteroatoms. The van der Waals surface area contributed by atoms with Crippen molar-refractivity contribution >= 4 is 18.4 Å². The molecule has 2 rings (SSSR count). The number of ether oxygens (including phenoxy) is 2. The minimum Gasteiger partial charge on any atom is -0.463 e. The Balaban J connectivity index is 2.15. The summed E-state index contributed by atoms with van der Waals surface area (Å²) in [6, 6.07) is -2.82. The molecule has 0 aromatic rings. The standard InChI is InChI=1S/C19H30N4O8/c1-12-19(6,21(11-20-12)16(25)31-17(2,3)4)10-30-15(24)18(5)8-13(22(26)27)7-14(9-18)23(28)29/h11-14H,7-10H2,1-6H3. The Labute approximate surface area is 180 Å². The summed E-state index contributed by atoms with van der Waals surface area (Å²) in [5, 5.41) is 22.6. The fourth-order valence-electron chi connectivity index (χ4n) is 3.90. The molecule has 4 atom stereocenters. The van der Waals surface area contributed by atoms with Crippen LogP contribution in [0, 0.1) is 25.6 Å². The van der Waals surface area contributed by atoms with Crippen LogP contribution >= 0.6 is 0 Å². The molecule has 0 spiro atoms. The molecule has 4 unspecified atom stereocenters. The highest BCUT2D eigenvalue weighted by Crippen LogP contribution is 2.40. The number of hydrogen-bond donors (Lipinski definition) is 0. The molecule has 1 aliphatic carbocycles. The van der Waals surface area contributed by atoms with Crippen LogP contribution in [0.3, 0.4) is 0 Å². The predicted octanol–water partition coefficient (Wildman–Crippen LogP) is 2.44. The third-order valence-corrected chi connectivity index (χ3v) is 5.95. The largest absolute Gasteiger partial charge is 0.463 e. The first-order chi connectivity index (χ1) is 14.1. The van der Waals surface area contributed by atoms with Crippen molar-refractivity contribution in [2.24, 2.45) is 10.4 Å². The van der Waals surface area contributed by atoms with Crippen molar-refractivity contribution in [3.63, 3.8) is 0 Å². The van der Waals surface area contributed by atoms with E-state index in [2.05, 4.69) is 4.99 Å². The van der Waals surface area contributed by atoms with Gasteiger partial charge in [-0.3, -0.25) is 34.9 Å². The second-order valence-corrected chi connectivity index (χ2v) is 9.81. The van der Waals surface area contributed by atoms with Crippen LogP contribution in [-0.2, 0) is 14.3 Å². The maximum atomic E-state index is 12.9. The van der Waals surface area contributed by atoms with Crippen LogP contribution in [0.4, 0.5) is 4.79 Å². The number of aliphatic imine (C=N–C) groups is 1. The predicted molar refractivity (Wildman–Crippen MR) is 109 cm³/mol. The van der Waals surface area contributed by atoms with E-state index in [0.29, 0.717) is 0 Å². The Morgan fingerprint density at radius 1 is 1.16 bits per heavy atom. The molecule has 0 radical (unpaired) electrons. The fraction of sp³-hybridized carbons (Fsp3) is 0.842. The highest BCUT2D eigenvalue weighted by atomic mass is 16.6. The number of nitrogens with zero attached hydrogens (tertiary/aromatic N) is 4. The molecule has 12 nitrogen and oxygen atoms in total. The maximum Gasteiger partial charge on any atom is 0.416 e. The lowest BCUT2D eigenvalue weighted by Crippen LogP contribution is -2.56. The number of esters is 1. The van der Waals surface area contributed by atoms with Crippen molar-refractivity contribution in [3.8, 4) is 0 Å². The van der Waals surface area contributed by atoms with Gasteiger partial charge >= 0.3 is 12.1 Å². The lowest BCUT2D eigenvalue weighted by Gasteiger charge is -2.38. The lowest BCUT2D eigenvalue weighted by atomic mass is 9.71. The average molecular weight is 442 g/mol. The first-order valence-electron chi connectivity index (χ1n) is 10.1. The van der Waals surface area contributed by atoms with E-state index in [1.54, 1.807) is 34.6 Å². The molecule has 31 heavy (non-hydrogen) atoms. The van der Waals surface area contributed by atoms with Crippen LogP contribution in [0.2, 0.25) is 0 Å². The highest BCUT2D eigenvalue weighted by molar-refractivity contribution is 5.86. The Bertz CT molecular complexity index is 770. The van der Waals surface area contributed by atoms with E-state index >= 15 is 0 Å². The highest BCUT2D eigenvalue weighted by Gasteiger charge is 2.53. The zero-order valence-corrected chi connectivity index (χ0v) is 18.7. The maximum absolute atomic E-state index is 12.9. The van der Waals surface area contributed by atoms with Crippen LogP contribution in [0.25, 0.3) is 0 Å². The SMILES string of the molecule is CC1N=CN(C(=O)OC(C)(C)C)C1(C)COC(=O)C1(C)CC([N+](=O)[O-])CC([N+](=O)[O-])C1. The summed E-state index contributed by atoms with van der Waals surface area (Å²) in [4.78, 5) is 52.4. The molecule has 0 aromatic carbocycles. The molecule has 1 heterocycles. The second kappa shape index (κ2) is 8.39. The van der Waals surface area contributed by atoms with Gasteiger partial charge in [-0.15, -0.1) is 0 Å². The number of hydrogen-bond acceptors (Lipinski definition) is 9. The summed E-state index contributed by atoms with van der Waals surface area (Å²) in [6.45, 7) is 9.81. The van der Waals surface area contributed by atoms with Gasteiger partial charge in [0, 0.05) is 22.7 Å². The van der Waals surface area contributed by atoms with E-state index in [0.717, 1.165) is 0 Å². The number of nitro groups is 2. The van der Waals surface area contributed by atoms with Crippen molar-refractivity contribution in [3.05, 3.63) is 20.2 Å². The van der Waals surface area contributed by atoms with Crippen molar-refractivity contribution in [2.45, 2.75) is 90.1 Å². The smallest absolute Gasteiger partial charge is 0.416 e. The van der Waals surface area contributed by atoms with Crippen LogP contribution in [-0.4, -0.2) is 69.0 Å². The number of carbonyl (C=O) groups excluding carboxylic acids is 2. The Kier molecular flexibility index (Phi) is 6.62. The van der Waals surface area contributed by atoms with Gasteiger partial charge in [-0.1, -0.05) is 0 Å². The molecule has 0 bridgehead atoms. The van der Waals surface area contributed by atoms with Crippen molar-refractivity contribution in [1.29, 1.82) is 0 Å². The monoisotopic (exact) mass is 442 g/mol. The molecular formula is C19H30N4O8. The molecule has 0 N–H and O–H groups in total. The topological polar surface area (TPSA) is 154 Å². The third-order valence-electron chi connectivity index (χ3n) is 5.95. The van der Waals surface area contributed by atoms with E-state index in [-0.39, 0.29) is 25.9 Å². The Hall–Kier alpha value is -2.79. The summed E-state index contributed by atoms with van der Waals surface area (Å²) < 4.78 is 10.9. The van der Waals surface area contributed by atoms with Gasteiger partial charge in [0.25, 0.3) is 0 Å². The molecule has 1 aliphatic heterocycles. The quantitative estimate of drug-likeness (QED) is 0.357. The minimum atomic E-state index is -1.39. The van der Waals surface area contributed by atoms with Crippen molar-refractivity contribution in [2.75, 3.05) is 6.61 Å². The molecule has 174 valence electrons. The van der Waals surface area contributed by atoms with Gasteiger partial charge in [0.05, 0.1) is 24.2 Å². The molecule has 1 saturated carbocycles. The second-order valence-electron chi connectivity index (χ2n) is 9.81. The van der Waals surface area contributed by atoms with Crippen LogP contribution in [0.15, 0.2) is 4.99 Å². The molecule has 1 fully saturated rings. The van der Waals surface area contributed by atoms with Crippen molar-refractivity contribution < 1.29 is 28.9 Å². The van der Waals surface area contributed by atoms with Gasteiger partial charge < -0.3 is 9.47 Å². The average Bonchev–Trinajstić information content (AvgIpc) is 2.93. The van der Waals surface area contributed by atoms with Crippen LogP contribution < -0.4 is 0 Å². The summed E-state index contributed by atoms with van der Waals surface area (Å²) >= 11 is 0. The van der Waals surface area contributed by atoms with E-state index < -0.39 is 56.6 Å². The zero-order chi connectivity index (χ0) is 23.8. The summed E-state index contributed by atoms with van der Waals surface area (Å²) in [5.74, 6) is -0.768. The first-order valence-corrected chi connectivity index (χ1v) is 10.1. The molecule has 1 amide bonds. The van der Waals surface area contributed by atoms with Gasteiger partial charge in [0.15, 0.2) is 0 Å². The molecule has 0 aromatic heterocycles. The molecule has 0 saturated heterocycles. The first kappa shape index (κ1) is 24.5. The Morgan fingerprint density at radius 2 is 1.68 bits per heavy atom. The summed E-state index contributed by atoms with van der Waals surface area (Å²) in [6.07, 6.45) is 0.159. The van der Waals surface area contributed by atoms with E-state index in [1.165, 1.54) is 18.2 Å². The lowest BCUT2D eigenvalue weighted by molar-refractivity contribution is -0.572. The third kappa shape index (κ3) is 5.28. The number of carbonyl (C=O) groups is 2. The zero-order valence-electron chi connectivity index (χ0n) is 18.7. The minimum absolute atomic E-state index is 0.151. The summed E-state index contributed by atoms with van der Waals surface area (Å²) in [5.41, 5.74) is -3.16. The molecular weight excluding hydrogens is 412 g/mol. The van der Waals surface area contributed by atoms with Crippen molar-refractivity contribution in [1.82, 2.24) is 4.90 Å². The number of amides is 1. The fourth-order valence-corrected chi connectivity index (χ4v) is 3.90. The van der Waals surface area contributed by atoms with Gasteiger partial charge in [-0.05, 0) is 41.5 Å². The number of rotatable bonds is 5. The van der Waals surface area contributed by atoms with Gasteiger partial charge in [-0.2, -0.15) is 0 Å². The van der Waals surface area contributed by atoms with E-state index in [9.17, 15) is 29.8 Å². The van der Waals surface area contributed by atoms with Crippen LogP contribution in [0.5, 0.6) is 0 Å². The normalized spacial score (nSPS) is 33.1. The molecule has 2 aliphatic rings. The van der Waals surface area contributed by atoms with Gasteiger partial charge in [0.2, 0.25) is 12.1 Å². The van der Waals surface area contributed by atoms with Gasteiger partial charge in [0.1, 0.15) is 17.7 Å². The van der Waals surface area contributed by atoms with E-state index in [1.807, 2.05) is 0 Å². The summed E-state index contributed by atoms with van der Waals surface area (Å²) in [7, 11) is 0. The van der Waals surface area contributed by atoms with E-state index in [4.69, 9.17) is 9.47 Å². The van der Waals surface area contributed by atoms with Gasteiger partial charge in [-0.25, -0.2) is 4.79 Å². The van der Waals surface area contributed by atoms with Crippen LogP contribution in [0.1, 0.15) is 60.8 Å². The Morgan fingerprint density at radius 3 is 2.13 bits per heavy atom.